The predicted molar refractivity (Wildman–Crippen MR) is 140 cm³/mol. The largest absolute Gasteiger partial charge is 0.318 e. The van der Waals surface area contributed by atoms with Gasteiger partial charge >= 0.3 is 0 Å². The number of carbonyl (C=O) groups excluding carboxylic acids is 2. The highest BCUT2D eigenvalue weighted by atomic mass is 79.9. The molecule has 1 N–H and O–H groups in total. The van der Waals surface area contributed by atoms with Gasteiger partial charge in [0.1, 0.15) is 5.57 Å². The molecule has 33 heavy (non-hydrogen) atoms. The molecule has 1 fully saturated rings. The lowest BCUT2D eigenvalue weighted by Gasteiger charge is -2.30. The molecular formula is C24H18BrCl2N3O2S. The van der Waals surface area contributed by atoms with Crippen molar-refractivity contribution in [3.05, 3.63) is 85.1 Å². The van der Waals surface area contributed by atoms with Crippen LogP contribution in [0.4, 0.5) is 5.69 Å². The van der Waals surface area contributed by atoms with Crippen molar-refractivity contribution in [3.8, 4) is 5.69 Å². The maximum atomic E-state index is 13.4. The Morgan fingerprint density at radius 3 is 2.39 bits per heavy atom. The van der Waals surface area contributed by atoms with Gasteiger partial charge in [0, 0.05) is 21.5 Å². The molecule has 0 spiro atoms. The molecule has 2 amide bonds. The Kier molecular flexibility index (Phi) is 6.51. The van der Waals surface area contributed by atoms with Gasteiger partial charge in [-0.1, -0.05) is 39.1 Å². The van der Waals surface area contributed by atoms with E-state index in [1.54, 1.807) is 24.3 Å². The molecule has 0 radical (unpaired) electrons. The summed E-state index contributed by atoms with van der Waals surface area (Å²) in [5.41, 5.74) is 4.78. The van der Waals surface area contributed by atoms with Gasteiger partial charge in [0.25, 0.3) is 11.8 Å². The van der Waals surface area contributed by atoms with Gasteiger partial charge in [-0.25, -0.2) is 0 Å². The van der Waals surface area contributed by atoms with Crippen LogP contribution in [-0.2, 0) is 9.59 Å². The standard InChI is InChI=1S/C24H18BrCl2N3O2S/c1-12-8-16(25)4-7-21(12)30-23(32)18(22(31)28-24(30)33)10-15-9-13(2)29(14(15)3)17-5-6-19(26)20(27)11-17/h4-11H,1-3H3,(H,28,31,33)/b18-10-. The van der Waals surface area contributed by atoms with E-state index >= 15 is 0 Å². The molecule has 1 aliphatic rings. The van der Waals surface area contributed by atoms with E-state index < -0.39 is 11.8 Å². The quantitative estimate of drug-likeness (QED) is 0.231. The van der Waals surface area contributed by atoms with E-state index in [0.29, 0.717) is 15.7 Å². The molecule has 5 nitrogen and oxygen atoms in total. The van der Waals surface area contributed by atoms with Crippen LogP contribution in [0.15, 0.2) is 52.5 Å². The van der Waals surface area contributed by atoms with Gasteiger partial charge in [-0.05, 0) is 92.7 Å². The van der Waals surface area contributed by atoms with Gasteiger partial charge in [-0.3, -0.25) is 19.8 Å². The number of hydrogen-bond donors (Lipinski definition) is 1. The molecule has 2 aromatic carbocycles. The second-order valence-electron chi connectivity index (χ2n) is 7.65. The number of benzene rings is 2. The van der Waals surface area contributed by atoms with Crippen molar-refractivity contribution >= 4 is 80.0 Å². The number of nitrogens with one attached hydrogen (secondary N) is 1. The molecule has 0 aliphatic carbocycles. The van der Waals surface area contributed by atoms with Gasteiger partial charge < -0.3 is 4.57 Å². The van der Waals surface area contributed by atoms with Crippen molar-refractivity contribution in [2.45, 2.75) is 20.8 Å². The first-order valence-corrected chi connectivity index (χ1v) is 11.9. The molecule has 0 saturated carbocycles. The molecular weight excluding hydrogens is 545 g/mol. The Bertz CT molecular complexity index is 1380. The van der Waals surface area contributed by atoms with Gasteiger partial charge in [-0.15, -0.1) is 0 Å². The summed E-state index contributed by atoms with van der Waals surface area (Å²) in [7, 11) is 0. The topological polar surface area (TPSA) is 54.3 Å². The number of halogens is 3. The summed E-state index contributed by atoms with van der Waals surface area (Å²) >= 11 is 21.0. The summed E-state index contributed by atoms with van der Waals surface area (Å²) in [5.74, 6) is -1.01. The molecule has 4 rings (SSSR count). The maximum Gasteiger partial charge on any atom is 0.270 e. The van der Waals surface area contributed by atoms with Crippen LogP contribution >= 0.6 is 51.3 Å². The summed E-state index contributed by atoms with van der Waals surface area (Å²) in [6, 6.07) is 12.8. The molecule has 0 bridgehead atoms. The average molecular weight is 563 g/mol. The first-order chi connectivity index (χ1) is 15.6. The van der Waals surface area contributed by atoms with E-state index in [2.05, 4.69) is 21.2 Å². The van der Waals surface area contributed by atoms with Crippen LogP contribution in [0, 0.1) is 20.8 Å². The Labute approximate surface area is 215 Å². The van der Waals surface area contributed by atoms with Gasteiger partial charge in [0.2, 0.25) is 0 Å². The first kappa shape index (κ1) is 23.7. The first-order valence-electron chi connectivity index (χ1n) is 9.90. The summed E-state index contributed by atoms with van der Waals surface area (Å²) < 4.78 is 2.87. The maximum absolute atomic E-state index is 13.4. The van der Waals surface area contributed by atoms with E-state index in [0.717, 1.165) is 32.7 Å². The number of hydrogen-bond acceptors (Lipinski definition) is 3. The van der Waals surface area contributed by atoms with Gasteiger partial charge in [-0.2, -0.15) is 0 Å². The molecule has 1 saturated heterocycles. The van der Waals surface area contributed by atoms with E-state index in [1.165, 1.54) is 4.90 Å². The Morgan fingerprint density at radius 1 is 1.00 bits per heavy atom. The number of carbonyl (C=O) groups is 2. The van der Waals surface area contributed by atoms with Crippen molar-refractivity contribution in [2.24, 2.45) is 0 Å². The fourth-order valence-electron chi connectivity index (χ4n) is 3.86. The van der Waals surface area contributed by atoms with Gasteiger partial charge in [0.05, 0.1) is 15.7 Å². The zero-order valence-electron chi connectivity index (χ0n) is 17.9. The number of amides is 2. The predicted octanol–water partition coefficient (Wildman–Crippen LogP) is 6.30. The third kappa shape index (κ3) is 4.38. The summed E-state index contributed by atoms with van der Waals surface area (Å²) in [4.78, 5) is 27.5. The van der Waals surface area contributed by atoms with E-state index in [-0.39, 0.29) is 10.7 Å². The van der Waals surface area contributed by atoms with Crippen molar-refractivity contribution in [2.75, 3.05) is 4.90 Å². The zero-order chi connectivity index (χ0) is 24.0. The van der Waals surface area contributed by atoms with Crippen LogP contribution in [0.5, 0.6) is 0 Å². The highest BCUT2D eigenvalue weighted by Crippen LogP contribution is 2.30. The number of aryl methyl sites for hydroxylation is 2. The molecule has 0 atom stereocenters. The summed E-state index contributed by atoms with van der Waals surface area (Å²) in [6.45, 7) is 5.72. The Balaban J connectivity index is 1.78. The molecule has 0 unspecified atom stereocenters. The lowest BCUT2D eigenvalue weighted by molar-refractivity contribution is -0.122. The van der Waals surface area contributed by atoms with Crippen LogP contribution in [0.2, 0.25) is 10.0 Å². The molecule has 1 aliphatic heterocycles. The second kappa shape index (κ2) is 9.06. The van der Waals surface area contributed by atoms with Crippen molar-refractivity contribution in [1.82, 2.24) is 9.88 Å². The molecule has 3 aromatic rings. The van der Waals surface area contributed by atoms with Crippen molar-refractivity contribution in [1.29, 1.82) is 0 Å². The van der Waals surface area contributed by atoms with E-state index in [4.69, 9.17) is 35.4 Å². The normalized spacial score (nSPS) is 15.4. The van der Waals surface area contributed by atoms with Crippen LogP contribution in [0.25, 0.3) is 11.8 Å². The number of nitrogens with zero attached hydrogens (tertiary/aromatic N) is 2. The monoisotopic (exact) mass is 561 g/mol. The minimum Gasteiger partial charge on any atom is -0.318 e. The highest BCUT2D eigenvalue weighted by molar-refractivity contribution is 9.10. The lowest BCUT2D eigenvalue weighted by Crippen LogP contribution is -2.54. The molecule has 1 aromatic heterocycles. The minimum atomic E-state index is -0.532. The lowest BCUT2D eigenvalue weighted by atomic mass is 10.1. The average Bonchev–Trinajstić information content (AvgIpc) is 3.02. The van der Waals surface area contributed by atoms with Crippen molar-refractivity contribution < 1.29 is 9.59 Å². The number of thiocarbonyl (C=S) groups is 1. The SMILES string of the molecule is Cc1cc(Br)ccc1N1C(=O)/C(=C\c2cc(C)n(-c3ccc(Cl)c(Cl)c3)c2C)C(=O)NC1=S. The van der Waals surface area contributed by atoms with Crippen LogP contribution < -0.4 is 10.2 Å². The second-order valence-corrected chi connectivity index (χ2v) is 9.77. The Morgan fingerprint density at radius 2 is 1.73 bits per heavy atom. The molecule has 9 heteroatoms. The smallest absolute Gasteiger partial charge is 0.270 e. The minimum absolute atomic E-state index is 0.000285. The number of anilines is 1. The van der Waals surface area contributed by atoms with Gasteiger partial charge in [0.15, 0.2) is 5.11 Å². The summed E-state index contributed by atoms with van der Waals surface area (Å²) in [5, 5.41) is 3.59. The fraction of sp³-hybridized carbons (Fsp3) is 0.125. The van der Waals surface area contributed by atoms with Crippen LogP contribution in [-0.4, -0.2) is 21.5 Å². The fourth-order valence-corrected chi connectivity index (χ4v) is 4.90. The molecule has 168 valence electrons. The zero-order valence-corrected chi connectivity index (χ0v) is 21.8. The molecule has 2 heterocycles. The Hall–Kier alpha value is -2.45. The summed E-state index contributed by atoms with van der Waals surface area (Å²) in [6.07, 6.45) is 1.59. The highest BCUT2D eigenvalue weighted by Gasteiger charge is 2.35. The van der Waals surface area contributed by atoms with Crippen LogP contribution in [0.1, 0.15) is 22.5 Å². The number of aromatic nitrogens is 1. The third-order valence-corrected chi connectivity index (χ3v) is 6.95. The third-order valence-electron chi connectivity index (χ3n) is 5.43. The van der Waals surface area contributed by atoms with E-state index in [9.17, 15) is 9.59 Å². The van der Waals surface area contributed by atoms with Crippen LogP contribution in [0.3, 0.4) is 0 Å². The van der Waals surface area contributed by atoms with Crippen molar-refractivity contribution in [3.63, 3.8) is 0 Å². The van der Waals surface area contributed by atoms with E-state index in [1.807, 2.05) is 49.6 Å². The number of rotatable bonds is 3.